The Kier molecular flexibility index (Phi) is 4.70. The Bertz CT molecular complexity index is 461. The van der Waals surface area contributed by atoms with Crippen LogP contribution in [0.2, 0.25) is 0 Å². The van der Waals surface area contributed by atoms with E-state index in [0.29, 0.717) is 6.04 Å². The molecule has 1 saturated carbocycles. The van der Waals surface area contributed by atoms with Crippen LogP contribution in [0, 0.1) is 0 Å². The first kappa shape index (κ1) is 14.9. The molecule has 1 aliphatic carbocycles. The fourth-order valence-electron chi connectivity index (χ4n) is 1.84. The van der Waals surface area contributed by atoms with Crippen LogP contribution in [0.5, 0.6) is 5.75 Å². The Morgan fingerprint density at radius 3 is 2.45 bits per heavy atom. The number of hydrogen-bond acceptors (Lipinski definition) is 2. The maximum Gasteiger partial charge on any atom is 0.573 e. The summed E-state index contributed by atoms with van der Waals surface area (Å²) in [6.45, 7) is 2.91. The molecular formula is C15H18F3NO. The Morgan fingerprint density at radius 1 is 1.30 bits per heavy atom. The molecule has 2 nitrogen and oxygen atoms in total. The minimum atomic E-state index is -4.64. The fraction of sp³-hybridized carbons (Fsp3) is 0.467. The summed E-state index contributed by atoms with van der Waals surface area (Å²) in [5, 5.41) is 3.43. The molecular weight excluding hydrogens is 267 g/mol. The highest BCUT2D eigenvalue weighted by Crippen LogP contribution is 2.24. The summed E-state index contributed by atoms with van der Waals surface area (Å²) in [6, 6.07) is 6.58. The van der Waals surface area contributed by atoms with E-state index in [1.54, 1.807) is 12.1 Å². The lowest BCUT2D eigenvalue weighted by Crippen LogP contribution is -2.18. The average molecular weight is 285 g/mol. The third kappa shape index (κ3) is 5.25. The minimum Gasteiger partial charge on any atom is -0.406 e. The summed E-state index contributed by atoms with van der Waals surface area (Å²) >= 11 is 0. The van der Waals surface area contributed by atoms with Crippen molar-refractivity contribution in [3.63, 3.8) is 0 Å². The van der Waals surface area contributed by atoms with Gasteiger partial charge in [-0.3, -0.25) is 0 Å². The topological polar surface area (TPSA) is 21.3 Å². The molecule has 20 heavy (non-hydrogen) atoms. The van der Waals surface area contributed by atoms with Gasteiger partial charge in [0.1, 0.15) is 5.75 Å². The summed E-state index contributed by atoms with van der Waals surface area (Å²) in [5.41, 5.74) is 2.12. The van der Waals surface area contributed by atoms with Gasteiger partial charge in [-0.05, 0) is 37.0 Å². The first-order valence-electron chi connectivity index (χ1n) is 6.75. The number of halogens is 3. The number of rotatable bonds is 6. The van der Waals surface area contributed by atoms with E-state index < -0.39 is 6.36 Å². The molecule has 0 aromatic heterocycles. The molecule has 110 valence electrons. The summed E-state index contributed by atoms with van der Waals surface area (Å²) in [6.07, 6.45) is 0.758. The zero-order chi connectivity index (χ0) is 14.6. The van der Waals surface area contributed by atoms with E-state index in [9.17, 15) is 13.2 Å². The largest absolute Gasteiger partial charge is 0.573 e. The Morgan fingerprint density at radius 2 is 1.95 bits per heavy atom. The van der Waals surface area contributed by atoms with Gasteiger partial charge in [0.25, 0.3) is 0 Å². The van der Waals surface area contributed by atoms with E-state index in [0.717, 1.165) is 18.5 Å². The second kappa shape index (κ2) is 6.31. The monoisotopic (exact) mass is 285 g/mol. The van der Waals surface area contributed by atoms with E-state index in [2.05, 4.69) is 17.0 Å². The molecule has 0 radical (unpaired) electrons. The van der Waals surface area contributed by atoms with Crippen LogP contribution < -0.4 is 10.1 Å². The van der Waals surface area contributed by atoms with Crippen LogP contribution in [0.1, 0.15) is 31.7 Å². The Balaban J connectivity index is 1.96. The van der Waals surface area contributed by atoms with E-state index in [1.165, 1.54) is 30.5 Å². The molecule has 0 aliphatic heterocycles. The standard InChI is InChI=1S/C15H18F3NO/c1-2-11(10-19-13-5-6-13)9-12-3-7-14(8-4-12)20-15(16,17)18/h3-4,7-9,13,19H,2,5-6,10H2,1H3. The first-order chi connectivity index (χ1) is 9.46. The Hall–Kier alpha value is -1.49. The van der Waals surface area contributed by atoms with Crippen LogP contribution in [-0.2, 0) is 0 Å². The van der Waals surface area contributed by atoms with Gasteiger partial charge < -0.3 is 10.1 Å². The molecule has 0 amide bonds. The first-order valence-corrected chi connectivity index (χ1v) is 6.75. The fourth-order valence-corrected chi connectivity index (χ4v) is 1.84. The van der Waals surface area contributed by atoms with Crippen LogP contribution in [0.4, 0.5) is 13.2 Å². The van der Waals surface area contributed by atoms with Crippen molar-refractivity contribution in [3.8, 4) is 5.75 Å². The van der Waals surface area contributed by atoms with Crippen LogP contribution in [-0.4, -0.2) is 18.9 Å². The van der Waals surface area contributed by atoms with Crippen molar-refractivity contribution >= 4 is 6.08 Å². The zero-order valence-corrected chi connectivity index (χ0v) is 11.3. The molecule has 0 saturated heterocycles. The molecule has 0 atom stereocenters. The molecule has 5 heteroatoms. The van der Waals surface area contributed by atoms with Crippen molar-refractivity contribution < 1.29 is 17.9 Å². The second-order valence-corrected chi connectivity index (χ2v) is 4.93. The summed E-state index contributed by atoms with van der Waals surface area (Å²) in [4.78, 5) is 0. The van der Waals surface area contributed by atoms with E-state index >= 15 is 0 Å². The molecule has 1 aliphatic rings. The Labute approximate surface area is 116 Å². The highest BCUT2D eigenvalue weighted by Gasteiger charge is 2.30. The molecule has 1 aromatic carbocycles. The van der Waals surface area contributed by atoms with Gasteiger partial charge in [0, 0.05) is 12.6 Å². The van der Waals surface area contributed by atoms with Gasteiger partial charge in [-0.1, -0.05) is 30.7 Å². The van der Waals surface area contributed by atoms with Crippen LogP contribution in [0.3, 0.4) is 0 Å². The molecule has 0 unspecified atom stereocenters. The summed E-state index contributed by atoms with van der Waals surface area (Å²) in [7, 11) is 0. The van der Waals surface area contributed by atoms with Crippen LogP contribution >= 0.6 is 0 Å². The van der Waals surface area contributed by atoms with E-state index in [4.69, 9.17) is 0 Å². The molecule has 1 N–H and O–H groups in total. The quantitative estimate of drug-likeness (QED) is 0.848. The number of ether oxygens (including phenoxy) is 1. The second-order valence-electron chi connectivity index (χ2n) is 4.93. The van der Waals surface area contributed by atoms with Gasteiger partial charge >= 0.3 is 6.36 Å². The normalized spacial score (nSPS) is 16.3. The molecule has 1 fully saturated rings. The van der Waals surface area contributed by atoms with Gasteiger partial charge in [-0.15, -0.1) is 13.2 Å². The lowest BCUT2D eigenvalue weighted by atomic mass is 10.1. The highest BCUT2D eigenvalue weighted by molar-refractivity contribution is 5.54. The number of alkyl halides is 3. The van der Waals surface area contributed by atoms with Crippen LogP contribution in [0.25, 0.3) is 6.08 Å². The maximum absolute atomic E-state index is 12.0. The minimum absolute atomic E-state index is 0.191. The van der Waals surface area contributed by atoms with Gasteiger partial charge in [0.2, 0.25) is 0 Å². The third-order valence-electron chi connectivity index (χ3n) is 3.13. The smallest absolute Gasteiger partial charge is 0.406 e. The molecule has 0 spiro atoms. The lowest BCUT2D eigenvalue weighted by molar-refractivity contribution is -0.274. The SMILES string of the molecule is CCC(=Cc1ccc(OC(F)(F)F)cc1)CNC1CC1. The zero-order valence-electron chi connectivity index (χ0n) is 11.3. The number of nitrogens with one attached hydrogen (secondary N) is 1. The predicted molar refractivity (Wildman–Crippen MR) is 72.4 cm³/mol. The predicted octanol–water partition coefficient (Wildman–Crippen LogP) is 4.13. The maximum atomic E-state index is 12.0. The van der Waals surface area contributed by atoms with E-state index in [-0.39, 0.29) is 5.75 Å². The summed E-state index contributed by atoms with van der Waals surface area (Å²) in [5.74, 6) is -0.191. The van der Waals surface area contributed by atoms with E-state index in [1.807, 2.05) is 6.08 Å². The molecule has 1 aromatic rings. The average Bonchev–Trinajstić information content (AvgIpc) is 3.19. The van der Waals surface area contributed by atoms with Gasteiger partial charge in [0.15, 0.2) is 0 Å². The highest BCUT2D eigenvalue weighted by atomic mass is 19.4. The van der Waals surface area contributed by atoms with Crippen molar-refractivity contribution in [1.82, 2.24) is 5.32 Å². The number of hydrogen-bond donors (Lipinski definition) is 1. The van der Waals surface area contributed by atoms with Gasteiger partial charge in [-0.25, -0.2) is 0 Å². The van der Waals surface area contributed by atoms with Crippen molar-refractivity contribution in [2.45, 2.75) is 38.6 Å². The third-order valence-corrected chi connectivity index (χ3v) is 3.13. The van der Waals surface area contributed by atoms with Crippen molar-refractivity contribution in [2.24, 2.45) is 0 Å². The molecule has 0 heterocycles. The number of benzene rings is 1. The van der Waals surface area contributed by atoms with Crippen LogP contribution in [0.15, 0.2) is 29.8 Å². The van der Waals surface area contributed by atoms with Crippen molar-refractivity contribution in [1.29, 1.82) is 0 Å². The van der Waals surface area contributed by atoms with Gasteiger partial charge in [0.05, 0.1) is 0 Å². The van der Waals surface area contributed by atoms with Crippen molar-refractivity contribution in [3.05, 3.63) is 35.4 Å². The molecule has 0 bridgehead atoms. The lowest BCUT2D eigenvalue weighted by Gasteiger charge is -2.09. The van der Waals surface area contributed by atoms with Gasteiger partial charge in [-0.2, -0.15) is 0 Å². The molecule has 2 rings (SSSR count). The van der Waals surface area contributed by atoms with Crippen molar-refractivity contribution in [2.75, 3.05) is 6.54 Å². The summed E-state index contributed by atoms with van der Waals surface area (Å²) < 4.78 is 40.0.